The summed E-state index contributed by atoms with van der Waals surface area (Å²) in [6.45, 7) is -0.0636. The largest absolute Gasteiger partial charge is 0.483 e. The van der Waals surface area contributed by atoms with Crippen LogP contribution in [-0.4, -0.2) is 35.4 Å². The summed E-state index contributed by atoms with van der Waals surface area (Å²) in [6.07, 6.45) is 5.67. The van der Waals surface area contributed by atoms with Gasteiger partial charge in [0.05, 0.1) is 4.47 Å². The molecule has 200 valence electrons. The van der Waals surface area contributed by atoms with E-state index in [9.17, 15) is 9.59 Å². The topological polar surface area (TPSA) is 58.6 Å². The van der Waals surface area contributed by atoms with Crippen LogP contribution in [0.4, 0.5) is 0 Å². The number of nitrogens with one attached hydrogen (secondary N) is 1. The molecular weight excluding hydrogens is 587 g/mol. The number of hydrogen-bond acceptors (Lipinski definition) is 3. The molecule has 0 radical (unpaired) electrons. The van der Waals surface area contributed by atoms with Crippen molar-refractivity contribution in [2.75, 3.05) is 6.61 Å². The molecule has 0 aromatic heterocycles. The first-order valence-electron chi connectivity index (χ1n) is 12.9. The van der Waals surface area contributed by atoms with Gasteiger partial charge in [0, 0.05) is 29.1 Å². The number of benzene rings is 3. The Bertz CT molecular complexity index is 1240. The number of carbonyl (C=O) groups is 2. The monoisotopic (exact) mass is 616 g/mol. The molecule has 1 saturated carbocycles. The maximum Gasteiger partial charge on any atom is 0.261 e. The molecule has 2 amide bonds. The second-order valence-electron chi connectivity index (χ2n) is 9.53. The van der Waals surface area contributed by atoms with Gasteiger partial charge in [0.2, 0.25) is 5.91 Å². The highest BCUT2D eigenvalue weighted by Gasteiger charge is 2.32. The first kappa shape index (κ1) is 28.5. The number of hydrogen-bond donors (Lipinski definition) is 1. The van der Waals surface area contributed by atoms with Crippen LogP contribution >= 0.6 is 39.1 Å². The normalized spacial score (nSPS) is 14.5. The molecule has 3 aromatic rings. The van der Waals surface area contributed by atoms with Gasteiger partial charge in [-0.2, -0.15) is 0 Å². The van der Waals surface area contributed by atoms with E-state index >= 15 is 0 Å². The Kier molecular flexibility index (Phi) is 10.5. The molecule has 0 bridgehead atoms. The van der Waals surface area contributed by atoms with Gasteiger partial charge in [0.1, 0.15) is 11.8 Å². The summed E-state index contributed by atoms with van der Waals surface area (Å²) in [5, 5.41) is 4.33. The highest BCUT2D eigenvalue weighted by molar-refractivity contribution is 9.10. The minimum Gasteiger partial charge on any atom is -0.483 e. The lowest BCUT2D eigenvalue weighted by molar-refractivity contribution is -0.143. The number of nitrogens with zero attached hydrogens (tertiary/aromatic N) is 1. The van der Waals surface area contributed by atoms with Crippen molar-refractivity contribution in [3.63, 3.8) is 0 Å². The Hall–Kier alpha value is -2.54. The Morgan fingerprint density at radius 3 is 2.39 bits per heavy atom. The summed E-state index contributed by atoms with van der Waals surface area (Å²) in [5.74, 6) is 0.0204. The van der Waals surface area contributed by atoms with Crippen molar-refractivity contribution in [1.82, 2.24) is 10.2 Å². The van der Waals surface area contributed by atoms with Crippen molar-refractivity contribution in [3.8, 4) is 5.75 Å². The number of halogens is 3. The zero-order valence-electron chi connectivity index (χ0n) is 21.0. The lowest BCUT2D eigenvalue weighted by atomic mass is 9.94. The summed E-state index contributed by atoms with van der Waals surface area (Å²) in [6, 6.07) is 21.6. The zero-order chi connectivity index (χ0) is 26.9. The number of amides is 2. The predicted octanol–water partition coefficient (Wildman–Crippen LogP) is 7.22. The van der Waals surface area contributed by atoms with Crippen LogP contribution in [0.3, 0.4) is 0 Å². The quantitative estimate of drug-likeness (QED) is 0.261. The van der Waals surface area contributed by atoms with E-state index in [2.05, 4.69) is 21.2 Å². The molecule has 1 atom stereocenters. The number of carbonyl (C=O) groups excluding carboxylic acids is 2. The molecule has 1 aliphatic rings. The smallest absolute Gasteiger partial charge is 0.261 e. The maximum atomic E-state index is 13.8. The molecule has 1 aliphatic carbocycles. The third-order valence-electron chi connectivity index (χ3n) is 6.77. The van der Waals surface area contributed by atoms with E-state index in [-0.39, 0.29) is 31.0 Å². The van der Waals surface area contributed by atoms with Crippen molar-refractivity contribution in [2.45, 2.75) is 57.2 Å². The zero-order valence-corrected chi connectivity index (χ0v) is 24.1. The van der Waals surface area contributed by atoms with E-state index < -0.39 is 6.04 Å². The van der Waals surface area contributed by atoms with Gasteiger partial charge in [-0.3, -0.25) is 9.59 Å². The van der Waals surface area contributed by atoms with Crippen LogP contribution in [-0.2, 0) is 22.6 Å². The fraction of sp³-hybridized carbons (Fsp3) is 0.333. The van der Waals surface area contributed by atoms with Crippen molar-refractivity contribution >= 4 is 50.9 Å². The minimum atomic E-state index is -0.736. The van der Waals surface area contributed by atoms with E-state index in [4.69, 9.17) is 27.9 Å². The molecule has 1 N–H and O–H groups in total. The summed E-state index contributed by atoms with van der Waals surface area (Å²) in [5.41, 5.74) is 1.73. The van der Waals surface area contributed by atoms with E-state index in [1.807, 2.05) is 48.5 Å². The van der Waals surface area contributed by atoms with E-state index in [1.165, 1.54) is 6.42 Å². The van der Waals surface area contributed by atoms with Crippen molar-refractivity contribution in [2.24, 2.45) is 0 Å². The Balaban J connectivity index is 1.62. The molecule has 0 heterocycles. The summed E-state index contributed by atoms with van der Waals surface area (Å²) in [7, 11) is 0. The second-order valence-corrected chi connectivity index (χ2v) is 11.2. The first-order valence-corrected chi connectivity index (χ1v) is 14.4. The van der Waals surface area contributed by atoms with Gasteiger partial charge in [0.15, 0.2) is 6.61 Å². The molecule has 0 unspecified atom stereocenters. The van der Waals surface area contributed by atoms with Gasteiger partial charge >= 0.3 is 0 Å². The molecule has 0 aliphatic heterocycles. The van der Waals surface area contributed by atoms with Crippen LogP contribution in [0.25, 0.3) is 0 Å². The van der Waals surface area contributed by atoms with E-state index in [0.717, 1.165) is 36.8 Å². The molecule has 0 spiro atoms. The van der Waals surface area contributed by atoms with Crippen LogP contribution in [0.1, 0.15) is 43.2 Å². The van der Waals surface area contributed by atoms with Crippen molar-refractivity contribution in [3.05, 3.63) is 98.4 Å². The Morgan fingerprint density at radius 2 is 1.68 bits per heavy atom. The average molecular weight is 618 g/mol. The second kappa shape index (κ2) is 14.0. The third kappa shape index (κ3) is 7.98. The van der Waals surface area contributed by atoms with Gasteiger partial charge in [-0.15, -0.1) is 0 Å². The van der Waals surface area contributed by atoms with Crippen molar-refractivity contribution < 1.29 is 14.3 Å². The van der Waals surface area contributed by atoms with Crippen LogP contribution < -0.4 is 10.1 Å². The van der Waals surface area contributed by atoms with E-state index in [1.54, 1.807) is 29.2 Å². The molecular formula is C30H31BrCl2N2O3. The van der Waals surface area contributed by atoms with Gasteiger partial charge < -0.3 is 15.0 Å². The Labute approximate surface area is 242 Å². The maximum absolute atomic E-state index is 13.8. The molecule has 8 heteroatoms. The lowest BCUT2D eigenvalue weighted by Crippen LogP contribution is -2.53. The molecule has 5 nitrogen and oxygen atoms in total. The SMILES string of the molecule is O=C(NC1CCCCC1)[C@@H](Cc1ccccc1)N(Cc1ccccc1Cl)C(=O)COc1ccc(Cl)cc1Br. The molecule has 0 saturated heterocycles. The van der Waals surface area contributed by atoms with Crippen LogP contribution in [0.5, 0.6) is 5.75 Å². The number of rotatable bonds is 10. The first-order chi connectivity index (χ1) is 18.4. The van der Waals surface area contributed by atoms with Gasteiger partial charge in [0.25, 0.3) is 5.91 Å². The Morgan fingerprint density at radius 1 is 0.974 bits per heavy atom. The number of ether oxygens (including phenoxy) is 1. The molecule has 3 aromatic carbocycles. The summed E-state index contributed by atoms with van der Waals surface area (Å²) >= 11 is 16.0. The van der Waals surface area contributed by atoms with Gasteiger partial charge in [-0.05, 0) is 64.2 Å². The lowest BCUT2D eigenvalue weighted by Gasteiger charge is -2.33. The van der Waals surface area contributed by atoms with Gasteiger partial charge in [-0.25, -0.2) is 0 Å². The van der Waals surface area contributed by atoms with Crippen LogP contribution in [0.15, 0.2) is 77.3 Å². The highest BCUT2D eigenvalue weighted by atomic mass is 79.9. The standard InChI is InChI=1S/C30H31BrCl2N2O3/c31-25-18-23(32)15-16-28(25)38-20-29(36)35(19-22-11-7-8-14-26(22)33)27(17-21-9-3-1-4-10-21)30(37)34-24-12-5-2-6-13-24/h1,3-4,7-11,14-16,18,24,27H,2,5-6,12-13,17,19-20H2,(H,34,37)/t27-/m1/s1. The fourth-order valence-corrected chi connectivity index (χ4v) is 5.72. The van der Waals surface area contributed by atoms with Gasteiger partial charge in [-0.1, -0.05) is 91.0 Å². The van der Waals surface area contributed by atoms with Crippen LogP contribution in [0, 0.1) is 0 Å². The van der Waals surface area contributed by atoms with Crippen LogP contribution in [0.2, 0.25) is 10.0 Å². The summed E-state index contributed by atoms with van der Waals surface area (Å²) in [4.78, 5) is 29.2. The minimum absolute atomic E-state index is 0.119. The highest BCUT2D eigenvalue weighted by Crippen LogP contribution is 2.28. The molecule has 1 fully saturated rings. The molecule has 38 heavy (non-hydrogen) atoms. The fourth-order valence-electron chi connectivity index (χ4n) is 4.72. The average Bonchev–Trinajstić information content (AvgIpc) is 2.92. The third-order valence-corrected chi connectivity index (χ3v) is 7.99. The summed E-state index contributed by atoms with van der Waals surface area (Å²) < 4.78 is 6.52. The predicted molar refractivity (Wildman–Crippen MR) is 156 cm³/mol. The van der Waals surface area contributed by atoms with Crippen molar-refractivity contribution in [1.29, 1.82) is 0 Å². The molecule has 4 rings (SSSR count). The van der Waals surface area contributed by atoms with E-state index in [0.29, 0.717) is 26.7 Å².